The van der Waals surface area contributed by atoms with Crippen molar-refractivity contribution in [1.29, 1.82) is 0 Å². The fourth-order valence-corrected chi connectivity index (χ4v) is 5.08. The van der Waals surface area contributed by atoms with Crippen molar-refractivity contribution < 1.29 is 22.5 Å². The molecule has 0 radical (unpaired) electrons. The molecule has 1 aromatic rings. The lowest BCUT2D eigenvalue weighted by atomic mass is 9.81. The number of piperidine rings is 1. The first-order valence-electron chi connectivity index (χ1n) is 9.72. The van der Waals surface area contributed by atoms with Crippen LogP contribution >= 0.6 is 11.6 Å². The molecule has 3 heterocycles. The number of likely N-dealkylation sites (tertiary alicyclic amines) is 1. The van der Waals surface area contributed by atoms with Gasteiger partial charge in [0.2, 0.25) is 20.9 Å². The Hall–Kier alpha value is -1.23. The number of rotatable bonds is 5. The van der Waals surface area contributed by atoms with Crippen molar-refractivity contribution in [2.24, 2.45) is 0 Å². The van der Waals surface area contributed by atoms with E-state index >= 15 is 0 Å². The van der Waals surface area contributed by atoms with Crippen molar-refractivity contribution >= 4 is 39.9 Å². The highest BCUT2D eigenvalue weighted by Gasteiger charge is 2.52. The summed E-state index contributed by atoms with van der Waals surface area (Å²) in [7, 11) is -4.42. The van der Waals surface area contributed by atoms with E-state index in [1.54, 1.807) is 4.90 Å². The summed E-state index contributed by atoms with van der Waals surface area (Å²) in [5.41, 5.74) is -0.469. The molecule has 1 unspecified atom stereocenters. The maximum atomic E-state index is 12.8. The predicted octanol–water partition coefficient (Wildman–Crippen LogP) is 1.17. The number of nitrogens with zero attached hydrogens (tertiary/aromatic N) is 3. The lowest BCUT2D eigenvalue weighted by Gasteiger charge is -2.35. The minimum Gasteiger partial charge on any atom is -0.399 e. The molecule has 0 bridgehead atoms. The van der Waals surface area contributed by atoms with Gasteiger partial charge in [0, 0.05) is 30.4 Å². The number of carbonyl (C=O) groups is 1. The first-order valence-corrected chi connectivity index (χ1v) is 11.9. The molecule has 0 aliphatic carbocycles. The van der Waals surface area contributed by atoms with E-state index in [0.29, 0.717) is 18.4 Å². The molecule has 1 aromatic heterocycles. The molecule has 0 aromatic carbocycles. The van der Waals surface area contributed by atoms with Crippen LogP contribution in [0, 0.1) is 0 Å². The Labute approximate surface area is 177 Å². The lowest BCUT2D eigenvalue weighted by Crippen LogP contribution is -2.47. The summed E-state index contributed by atoms with van der Waals surface area (Å²) in [5.74, 6) is -0.620. The molecule has 160 valence electrons. The molecular weight excluding hydrogens is 417 g/mol. The minimum atomic E-state index is -3.76. The molecular formula is C18H27BClN3O5S. The van der Waals surface area contributed by atoms with Crippen molar-refractivity contribution in [2.45, 2.75) is 69.4 Å². The molecule has 1 amide bonds. The Balaban J connectivity index is 1.74. The first kappa shape index (κ1) is 22.5. The predicted molar refractivity (Wildman–Crippen MR) is 110 cm³/mol. The summed E-state index contributed by atoms with van der Waals surface area (Å²) in [6, 6.07) is -0.411. The lowest BCUT2D eigenvalue weighted by molar-refractivity contribution is -0.131. The van der Waals surface area contributed by atoms with Gasteiger partial charge >= 0.3 is 7.12 Å². The Morgan fingerprint density at radius 3 is 2.34 bits per heavy atom. The number of aromatic nitrogens is 2. The maximum Gasteiger partial charge on any atom is 0.498 e. The summed E-state index contributed by atoms with van der Waals surface area (Å²) in [6.45, 7) is 8.26. The van der Waals surface area contributed by atoms with Crippen LogP contribution in [0.1, 0.15) is 47.0 Å². The highest BCUT2D eigenvalue weighted by atomic mass is 35.5. The molecule has 0 spiro atoms. The number of hydrogen-bond acceptors (Lipinski definition) is 7. The third-order valence-electron chi connectivity index (χ3n) is 5.93. The molecule has 2 aliphatic heterocycles. The van der Waals surface area contributed by atoms with E-state index in [9.17, 15) is 13.2 Å². The van der Waals surface area contributed by atoms with Crippen molar-refractivity contribution in [3.63, 3.8) is 0 Å². The summed E-state index contributed by atoms with van der Waals surface area (Å²) in [4.78, 5) is 21.7. The Morgan fingerprint density at radius 1 is 1.21 bits per heavy atom. The second-order valence-corrected chi connectivity index (χ2v) is 10.7. The van der Waals surface area contributed by atoms with E-state index in [2.05, 4.69) is 9.97 Å². The van der Waals surface area contributed by atoms with E-state index < -0.39 is 34.2 Å². The Kier molecular flexibility index (Phi) is 6.30. The number of hydrogen-bond donors (Lipinski definition) is 0. The standard InChI is InChI=1S/C18H27BClN3O5S/c1-17(2)18(3,4)28-19(27-17)13-10-21-16(22-11-13)29(25,26)12-14-7-5-6-8-23(14)15(24)9-20/h10-11,14H,5-9,12H2,1-4H3. The molecule has 2 fully saturated rings. The smallest absolute Gasteiger partial charge is 0.399 e. The fourth-order valence-electron chi connectivity index (χ4n) is 3.49. The highest BCUT2D eigenvalue weighted by Crippen LogP contribution is 2.36. The van der Waals surface area contributed by atoms with E-state index in [4.69, 9.17) is 20.9 Å². The van der Waals surface area contributed by atoms with Crippen LogP contribution in [0.15, 0.2) is 17.6 Å². The van der Waals surface area contributed by atoms with Gasteiger partial charge < -0.3 is 14.2 Å². The topological polar surface area (TPSA) is 98.7 Å². The zero-order chi connectivity index (χ0) is 21.4. The van der Waals surface area contributed by atoms with Crippen LogP contribution in [0.25, 0.3) is 0 Å². The van der Waals surface area contributed by atoms with Gasteiger partial charge in [-0.3, -0.25) is 4.79 Å². The fraction of sp³-hybridized carbons (Fsp3) is 0.722. The summed E-state index contributed by atoms with van der Waals surface area (Å²) < 4.78 is 37.6. The third-order valence-corrected chi connectivity index (χ3v) is 7.74. The van der Waals surface area contributed by atoms with Crippen LogP contribution in [0.2, 0.25) is 0 Å². The van der Waals surface area contributed by atoms with Crippen molar-refractivity contribution in [3.05, 3.63) is 12.4 Å². The van der Waals surface area contributed by atoms with Gasteiger partial charge in [0.1, 0.15) is 5.88 Å². The average molecular weight is 444 g/mol. The molecule has 8 nitrogen and oxygen atoms in total. The van der Waals surface area contributed by atoms with E-state index in [0.717, 1.165) is 12.8 Å². The highest BCUT2D eigenvalue weighted by molar-refractivity contribution is 7.91. The molecule has 0 N–H and O–H groups in total. The van der Waals surface area contributed by atoms with E-state index in [-0.39, 0.29) is 22.7 Å². The van der Waals surface area contributed by atoms with Gasteiger partial charge in [-0.05, 0) is 47.0 Å². The van der Waals surface area contributed by atoms with Crippen LogP contribution in [0.3, 0.4) is 0 Å². The van der Waals surface area contributed by atoms with Crippen LogP contribution in [-0.2, 0) is 23.9 Å². The van der Waals surface area contributed by atoms with Crippen molar-refractivity contribution in [2.75, 3.05) is 18.2 Å². The zero-order valence-electron chi connectivity index (χ0n) is 17.2. The second kappa shape index (κ2) is 8.13. The molecule has 3 rings (SSSR count). The van der Waals surface area contributed by atoms with E-state index in [1.807, 2.05) is 27.7 Å². The summed E-state index contributed by atoms with van der Waals surface area (Å²) in [5, 5.41) is -0.262. The average Bonchev–Trinajstić information content (AvgIpc) is 2.89. The quantitative estimate of drug-likeness (QED) is 0.382. The summed E-state index contributed by atoms with van der Waals surface area (Å²) >= 11 is 5.67. The van der Waals surface area contributed by atoms with Crippen molar-refractivity contribution in [3.8, 4) is 0 Å². The number of carbonyl (C=O) groups excluding carboxylic acids is 1. The molecule has 2 saturated heterocycles. The van der Waals surface area contributed by atoms with Gasteiger partial charge in [0.05, 0.1) is 17.0 Å². The van der Waals surface area contributed by atoms with Gasteiger partial charge in [0.15, 0.2) is 0 Å². The maximum absolute atomic E-state index is 12.8. The van der Waals surface area contributed by atoms with Crippen LogP contribution in [0.4, 0.5) is 0 Å². The number of sulfone groups is 1. The second-order valence-electron chi connectivity index (χ2n) is 8.54. The first-order chi connectivity index (χ1) is 13.5. The van der Waals surface area contributed by atoms with Crippen LogP contribution in [0.5, 0.6) is 0 Å². The third kappa shape index (κ3) is 4.60. The monoisotopic (exact) mass is 443 g/mol. The molecule has 2 aliphatic rings. The number of amides is 1. The van der Waals surface area contributed by atoms with Gasteiger partial charge in [-0.1, -0.05) is 0 Å². The van der Waals surface area contributed by atoms with Gasteiger partial charge in [-0.25, -0.2) is 18.4 Å². The zero-order valence-corrected chi connectivity index (χ0v) is 18.8. The Morgan fingerprint density at radius 2 is 1.79 bits per heavy atom. The minimum absolute atomic E-state index is 0.157. The molecule has 0 saturated carbocycles. The molecule has 29 heavy (non-hydrogen) atoms. The summed E-state index contributed by atoms with van der Waals surface area (Å²) in [6.07, 6.45) is 5.18. The Bertz CT molecular complexity index is 847. The molecule has 11 heteroatoms. The van der Waals surface area contributed by atoms with Crippen molar-refractivity contribution in [1.82, 2.24) is 14.9 Å². The van der Waals surface area contributed by atoms with Crippen LogP contribution in [-0.4, -0.2) is 71.7 Å². The normalized spacial score (nSPS) is 24.0. The number of halogens is 1. The van der Waals surface area contributed by atoms with Crippen LogP contribution < -0.4 is 5.46 Å². The van der Waals surface area contributed by atoms with Gasteiger partial charge in [-0.15, -0.1) is 11.6 Å². The van der Waals surface area contributed by atoms with E-state index in [1.165, 1.54) is 12.4 Å². The molecule has 1 atom stereocenters. The van der Waals surface area contributed by atoms with Gasteiger partial charge in [0.25, 0.3) is 0 Å². The largest absolute Gasteiger partial charge is 0.498 e. The number of alkyl halides is 1. The van der Waals surface area contributed by atoms with Gasteiger partial charge in [-0.2, -0.15) is 0 Å². The SMILES string of the molecule is CC1(C)OB(c2cnc(S(=O)(=O)CC3CCCCN3C(=O)CCl)nc2)OC1(C)C.